The Hall–Kier alpha value is -0.550. The van der Waals surface area contributed by atoms with Gasteiger partial charge in [0, 0.05) is 6.92 Å². The van der Waals surface area contributed by atoms with Gasteiger partial charge in [-0.15, -0.1) is 0 Å². The lowest BCUT2D eigenvalue weighted by Crippen LogP contribution is -2.02. The first-order valence-corrected chi connectivity index (χ1v) is 4.71. The fourth-order valence-electron chi connectivity index (χ4n) is 0.834. The molecule has 0 saturated carbocycles. The maximum atomic E-state index is 9.08. The molecule has 0 spiro atoms. The maximum Gasteiger partial charge on any atom is 0.0587 e. The molecule has 0 heterocycles. The number of unbranched alkanes of at least 4 members (excludes halogenated alkanes) is 2. The van der Waals surface area contributed by atoms with Crippen molar-refractivity contribution in [2.24, 2.45) is 0 Å². The Bertz CT molecular complexity index is 107. The van der Waals surface area contributed by atoms with Gasteiger partial charge in [0.05, 0.1) is 12.2 Å². The highest BCUT2D eigenvalue weighted by atomic mass is 16.3. The molecule has 0 aromatic rings. The summed E-state index contributed by atoms with van der Waals surface area (Å²) in [4.78, 5) is 0. The molecule has 1 unspecified atom stereocenters. The van der Waals surface area contributed by atoms with E-state index in [1.165, 1.54) is 26.2 Å². The summed E-state index contributed by atoms with van der Waals surface area (Å²) >= 11 is 0. The molecule has 1 atom stereocenters. The van der Waals surface area contributed by atoms with Crippen LogP contribution in [-0.2, 0) is 0 Å². The van der Waals surface area contributed by atoms with Gasteiger partial charge in [-0.05, 0) is 12.8 Å². The Morgan fingerprint density at radius 1 is 1.33 bits per heavy atom. The van der Waals surface area contributed by atoms with E-state index in [9.17, 15) is 0 Å². The van der Waals surface area contributed by atoms with E-state index in [4.69, 9.17) is 10.4 Å². The molecule has 0 saturated heterocycles. The number of nitrogens with zero attached hydrogens (tertiary/aromatic N) is 1. The summed E-state index contributed by atoms with van der Waals surface area (Å²) in [5.41, 5.74) is 0. The predicted molar refractivity (Wildman–Crippen MR) is 51.7 cm³/mol. The van der Waals surface area contributed by atoms with E-state index in [-0.39, 0.29) is 6.10 Å². The Balaban J connectivity index is 0. The van der Waals surface area contributed by atoms with Gasteiger partial charge in [0.25, 0.3) is 0 Å². The maximum absolute atomic E-state index is 9.08. The van der Waals surface area contributed by atoms with Crippen LogP contribution in [0, 0.1) is 11.3 Å². The molecule has 0 radical (unpaired) electrons. The van der Waals surface area contributed by atoms with Crippen molar-refractivity contribution in [1.29, 1.82) is 5.26 Å². The van der Waals surface area contributed by atoms with Crippen LogP contribution >= 0.6 is 0 Å². The fraction of sp³-hybridized carbons (Fsp3) is 0.900. The van der Waals surface area contributed by atoms with Crippen molar-refractivity contribution < 1.29 is 5.11 Å². The van der Waals surface area contributed by atoms with Gasteiger partial charge in [0.15, 0.2) is 0 Å². The Labute approximate surface area is 76.2 Å². The first-order chi connectivity index (χ1) is 5.72. The molecule has 12 heavy (non-hydrogen) atoms. The van der Waals surface area contributed by atoms with Gasteiger partial charge >= 0.3 is 0 Å². The molecular formula is C10H21NO. The SMILES string of the molecule is CC#N.CCCCCC(O)CC. The highest BCUT2D eigenvalue weighted by Crippen LogP contribution is 2.04. The zero-order valence-corrected chi connectivity index (χ0v) is 8.51. The summed E-state index contributed by atoms with van der Waals surface area (Å²) in [5.74, 6) is 0. The number of nitriles is 1. The molecular weight excluding hydrogens is 150 g/mol. The van der Waals surface area contributed by atoms with Crippen LogP contribution in [-0.4, -0.2) is 11.2 Å². The number of aliphatic hydroxyl groups excluding tert-OH is 1. The number of hydrogen-bond donors (Lipinski definition) is 1. The molecule has 0 bridgehead atoms. The van der Waals surface area contributed by atoms with Gasteiger partial charge in [-0.2, -0.15) is 5.26 Å². The van der Waals surface area contributed by atoms with Crippen molar-refractivity contribution in [2.45, 2.75) is 59.0 Å². The first-order valence-electron chi connectivity index (χ1n) is 4.71. The third kappa shape index (κ3) is 16.2. The number of aliphatic hydroxyl groups is 1. The van der Waals surface area contributed by atoms with Gasteiger partial charge in [-0.3, -0.25) is 0 Å². The third-order valence-corrected chi connectivity index (χ3v) is 1.61. The summed E-state index contributed by atoms with van der Waals surface area (Å²) in [7, 11) is 0. The fourth-order valence-corrected chi connectivity index (χ4v) is 0.834. The minimum absolute atomic E-state index is 0.0449. The van der Waals surface area contributed by atoms with Gasteiger partial charge in [0.1, 0.15) is 0 Å². The highest BCUT2D eigenvalue weighted by molar-refractivity contribution is 4.51. The second-order valence-corrected chi connectivity index (χ2v) is 2.78. The second kappa shape index (κ2) is 13.1. The molecule has 0 aliphatic carbocycles. The zero-order chi connectivity index (χ0) is 9.82. The lowest BCUT2D eigenvalue weighted by molar-refractivity contribution is 0.156. The van der Waals surface area contributed by atoms with E-state index in [1.807, 2.05) is 6.92 Å². The van der Waals surface area contributed by atoms with Crippen LogP contribution < -0.4 is 0 Å². The molecule has 72 valence electrons. The average molecular weight is 171 g/mol. The van der Waals surface area contributed by atoms with E-state index in [0.29, 0.717) is 0 Å². The minimum Gasteiger partial charge on any atom is -0.393 e. The van der Waals surface area contributed by atoms with Crippen LogP contribution in [0.4, 0.5) is 0 Å². The minimum atomic E-state index is -0.0449. The molecule has 2 nitrogen and oxygen atoms in total. The van der Waals surface area contributed by atoms with Crippen molar-refractivity contribution >= 4 is 0 Å². The van der Waals surface area contributed by atoms with Crippen molar-refractivity contribution in [3.05, 3.63) is 0 Å². The molecule has 0 fully saturated rings. The Kier molecular flexibility index (Phi) is 15.2. The summed E-state index contributed by atoms with van der Waals surface area (Å²) in [5, 5.41) is 16.4. The number of rotatable bonds is 5. The molecule has 0 amide bonds. The number of hydrogen-bond acceptors (Lipinski definition) is 2. The lowest BCUT2D eigenvalue weighted by Gasteiger charge is -2.04. The summed E-state index contributed by atoms with van der Waals surface area (Å²) in [6.45, 7) is 5.63. The van der Waals surface area contributed by atoms with Crippen molar-refractivity contribution in [1.82, 2.24) is 0 Å². The van der Waals surface area contributed by atoms with E-state index < -0.39 is 0 Å². The summed E-state index contributed by atoms with van der Waals surface area (Å²) in [6.07, 6.45) is 5.55. The van der Waals surface area contributed by atoms with Gasteiger partial charge in [-0.25, -0.2) is 0 Å². The second-order valence-electron chi connectivity index (χ2n) is 2.78. The van der Waals surface area contributed by atoms with Crippen LogP contribution in [0.15, 0.2) is 0 Å². The molecule has 1 N–H and O–H groups in total. The van der Waals surface area contributed by atoms with Crippen LogP contribution in [0.1, 0.15) is 52.9 Å². The van der Waals surface area contributed by atoms with Crippen LogP contribution in [0.3, 0.4) is 0 Å². The molecule has 2 heteroatoms. The topological polar surface area (TPSA) is 44.0 Å². The van der Waals surface area contributed by atoms with E-state index in [0.717, 1.165) is 12.8 Å². The predicted octanol–water partition coefficient (Wildman–Crippen LogP) is 2.87. The molecule has 0 aliphatic rings. The van der Waals surface area contributed by atoms with E-state index in [2.05, 4.69) is 6.92 Å². The van der Waals surface area contributed by atoms with Crippen LogP contribution in [0.2, 0.25) is 0 Å². The summed E-state index contributed by atoms with van der Waals surface area (Å²) < 4.78 is 0. The van der Waals surface area contributed by atoms with Crippen molar-refractivity contribution in [3.63, 3.8) is 0 Å². The monoisotopic (exact) mass is 171 g/mol. The zero-order valence-electron chi connectivity index (χ0n) is 8.51. The van der Waals surface area contributed by atoms with Gasteiger partial charge in [-0.1, -0.05) is 33.1 Å². The molecule has 0 aromatic carbocycles. The van der Waals surface area contributed by atoms with Gasteiger partial charge in [0.2, 0.25) is 0 Å². The highest BCUT2D eigenvalue weighted by Gasteiger charge is 1.97. The normalized spacial score (nSPS) is 10.9. The quantitative estimate of drug-likeness (QED) is 0.646. The van der Waals surface area contributed by atoms with Crippen molar-refractivity contribution in [2.75, 3.05) is 0 Å². The smallest absolute Gasteiger partial charge is 0.0587 e. The Morgan fingerprint density at radius 2 is 1.83 bits per heavy atom. The Morgan fingerprint density at radius 3 is 2.17 bits per heavy atom. The lowest BCUT2D eigenvalue weighted by atomic mass is 10.1. The average Bonchev–Trinajstić information content (AvgIpc) is 2.06. The van der Waals surface area contributed by atoms with Crippen molar-refractivity contribution in [3.8, 4) is 6.07 Å². The van der Waals surface area contributed by atoms with Gasteiger partial charge < -0.3 is 5.11 Å². The van der Waals surface area contributed by atoms with E-state index in [1.54, 1.807) is 6.07 Å². The standard InChI is InChI=1S/C8H18O.C2H3N/c1-3-5-6-7-8(9)4-2;1-2-3/h8-9H,3-7H2,1-2H3;1H3. The van der Waals surface area contributed by atoms with E-state index >= 15 is 0 Å². The molecule has 0 aromatic heterocycles. The van der Waals surface area contributed by atoms with Crippen LogP contribution in [0.5, 0.6) is 0 Å². The molecule has 0 rings (SSSR count). The third-order valence-electron chi connectivity index (χ3n) is 1.61. The van der Waals surface area contributed by atoms with Crippen LogP contribution in [0.25, 0.3) is 0 Å². The largest absolute Gasteiger partial charge is 0.393 e. The first kappa shape index (κ1) is 14.0. The molecule has 0 aliphatic heterocycles. The summed E-state index contributed by atoms with van der Waals surface area (Å²) in [6, 6.07) is 1.75.